The number of carboxylic acid groups (broad SMARTS) is 1. The molecular formula is C28H33NO2. The Kier molecular flexibility index (Phi) is 4.48. The van der Waals surface area contributed by atoms with Crippen LogP contribution in [0.2, 0.25) is 0 Å². The van der Waals surface area contributed by atoms with E-state index in [0.717, 1.165) is 12.1 Å². The van der Waals surface area contributed by atoms with Gasteiger partial charge in [-0.15, -0.1) is 0 Å². The standard InChI is InChI=1S/C28H33NO2/c1-26(2)13-14-27(3,4)23-15-20(7-10-22(23)26)28-12-11-18(24(28)16-28)5-8-21-9-6-19(17-29-21)25(30)31/h5-7,9-10,15,17,24H,8,11-14,16H2,1-4H3,(H,30,31). The Labute approximate surface area is 185 Å². The average molecular weight is 416 g/mol. The van der Waals surface area contributed by atoms with E-state index < -0.39 is 5.97 Å². The van der Waals surface area contributed by atoms with Gasteiger partial charge in [-0.1, -0.05) is 57.5 Å². The Bertz CT molecular complexity index is 1080. The molecule has 0 amide bonds. The van der Waals surface area contributed by atoms with E-state index in [-0.39, 0.29) is 16.4 Å². The summed E-state index contributed by atoms with van der Waals surface area (Å²) in [6.07, 6.45) is 10.8. The zero-order chi connectivity index (χ0) is 22.0. The van der Waals surface area contributed by atoms with E-state index in [0.29, 0.717) is 11.3 Å². The minimum absolute atomic E-state index is 0.247. The molecule has 0 saturated heterocycles. The topological polar surface area (TPSA) is 50.2 Å². The molecule has 162 valence electrons. The van der Waals surface area contributed by atoms with E-state index in [2.05, 4.69) is 57.0 Å². The number of rotatable bonds is 4. The molecule has 3 aliphatic rings. The third kappa shape index (κ3) is 3.33. The van der Waals surface area contributed by atoms with Gasteiger partial charge in [0.15, 0.2) is 0 Å². The number of hydrogen-bond acceptors (Lipinski definition) is 2. The van der Waals surface area contributed by atoms with Gasteiger partial charge in [0.05, 0.1) is 5.56 Å². The fourth-order valence-corrected chi connectivity index (χ4v) is 6.12. The Hall–Kier alpha value is -2.42. The second-order valence-electron chi connectivity index (χ2n) is 11.3. The third-order valence-corrected chi connectivity index (χ3v) is 8.46. The molecule has 2 aromatic rings. The highest BCUT2D eigenvalue weighted by atomic mass is 16.4. The summed E-state index contributed by atoms with van der Waals surface area (Å²) in [5, 5.41) is 9.04. The summed E-state index contributed by atoms with van der Waals surface area (Å²) >= 11 is 0. The molecule has 2 unspecified atom stereocenters. The molecule has 0 bridgehead atoms. The normalized spacial score (nSPS) is 28.8. The molecule has 3 nitrogen and oxygen atoms in total. The van der Waals surface area contributed by atoms with Crippen molar-refractivity contribution in [3.05, 3.63) is 76.1 Å². The maximum Gasteiger partial charge on any atom is 0.337 e. The minimum atomic E-state index is -0.924. The first-order chi connectivity index (χ1) is 14.6. The van der Waals surface area contributed by atoms with E-state index in [1.54, 1.807) is 28.3 Å². The Morgan fingerprint density at radius 3 is 2.45 bits per heavy atom. The first kappa shape index (κ1) is 20.5. The van der Waals surface area contributed by atoms with Crippen LogP contribution in [0, 0.1) is 5.92 Å². The first-order valence-corrected chi connectivity index (χ1v) is 11.7. The van der Waals surface area contributed by atoms with Crippen molar-refractivity contribution in [2.45, 2.75) is 82.5 Å². The molecule has 0 spiro atoms. The van der Waals surface area contributed by atoms with Gasteiger partial charge in [0.1, 0.15) is 0 Å². The Morgan fingerprint density at radius 2 is 1.81 bits per heavy atom. The van der Waals surface area contributed by atoms with Crippen LogP contribution in [0.1, 0.15) is 92.5 Å². The van der Waals surface area contributed by atoms with Gasteiger partial charge in [0.2, 0.25) is 0 Å². The molecule has 1 N–H and O–H groups in total. The molecule has 1 aromatic carbocycles. The smallest absolute Gasteiger partial charge is 0.337 e. The van der Waals surface area contributed by atoms with Crippen LogP contribution in [0.25, 0.3) is 0 Å². The lowest BCUT2D eigenvalue weighted by Crippen LogP contribution is -2.34. The zero-order valence-electron chi connectivity index (χ0n) is 19.2. The number of carboxylic acids is 1. The van der Waals surface area contributed by atoms with Gasteiger partial charge in [0.25, 0.3) is 0 Å². The monoisotopic (exact) mass is 415 g/mol. The molecule has 1 aromatic heterocycles. The van der Waals surface area contributed by atoms with Crippen LogP contribution in [0.15, 0.2) is 48.2 Å². The molecular weight excluding hydrogens is 382 g/mol. The van der Waals surface area contributed by atoms with Crippen LogP contribution >= 0.6 is 0 Å². The van der Waals surface area contributed by atoms with Crippen molar-refractivity contribution in [3.8, 4) is 0 Å². The van der Waals surface area contributed by atoms with Gasteiger partial charge in [-0.25, -0.2) is 4.79 Å². The van der Waals surface area contributed by atoms with Gasteiger partial charge in [-0.05, 0) is 77.7 Å². The van der Waals surface area contributed by atoms with Crippen molar-refractivity contribution < 1.29 is 9.90 Å². The first-order valence-electron chi connectivity index (χ1n) is 11.7. The number of allylic oxidation sites excluding steroid dienone is 2. The van der Waals surface area contributed by atoms with Crippen molar-refractivity contribution in [1.82, 2.24) is 4.98 Å². The molecule has 2 saturated carbocycles. The maximum atomic E-state index is 11.0. The van der Waals surface area contributed by atoms with Crippen LogP contribution in [0.5, 0.6) is 0 Å². The van der Waals surface area contributed by atoms with Crippen LogP contribution in [0.4, 0.5) is 0 Å². The van der Waals surface area contributed by atoms with Gasteiger partial charge in [-0.2, -0.15) is 0 Å². The largest absolute Gasteiger partial charge is 0.478 e. The van der Waals surface area contributed by atoms with Crippen molar-refractivity contribution in [3.63, 3.8) is 0 Å². The SMILES string of the molecule is CC1(C)CCC(C)(C)c2cc(C34CCC(=CCc5ccc(C(=O)O)cn5)C3C4)ccc21. The molecule has 3 aliphatic carbocycles. The maximum absolute atomic E-state index is 11.0. The minimum Gasteiger partial charge on any atom is -0.478 e. The van der Waals surface area contributed by atoms with Crippen molar-refractivity contribution >= 4 is 5.97 Å². The summed E-state index contributed by atoms with van der Waals surface area (Å²) in [6.45, 7) is 9.61. The lowest BCUT2D eigenvalue weighted by Gasteiger charge is -2.42. The fraction of sp³-hybridized carbons (Fsp3) is 0.500. The third-order valence-electron chi connectivity index (χ3n) is 8.46. The molecule has 5 rings (SSSR count). The molecule has 31 heavy (non-hydrogen) atoms. The molecule has 2 fully saturated rings. The quantitative estimate of drug-likeness (QED) is 0.592. The number of aromatic nitrogens is 1. The number of nitrogens with zero attached hydrogens (tertiary/aromatic N) is 1. The zero-order valence-corrected chi connectivity index (χ0v) is 19.2. The summed E-state index contributed by atoms with van der Waals surface area (Å²) in [5.41, 5.74) is 8.30. The van der Waals surface area contributed by atoms with E-state index in [1.807, 2.05) is 6.07 Å². The Morgan fingerprint density at radius 1 is 1.06 bits per heavy atom. The summed E-state index contributed by atoms with van der Waals surface area (Å²) in [6, 6.07) is 10.9. The highest BCUT2D eigenvalue weighted by molar-refractivity contribution is 5.87. The summed E-state index contributed by atoms with van der Waals surface area (Å²) in [5.74, 6) is -0.254. The second kappa shape index (κ2) is 6.79. The lowest BCUT2D eigenvalue weighted by atomic mass is 9.62. The van der Waals surface area contributed by atoms with E-state index in [9.17, 15) is 4.79 Å². The van der Waals surface area contributed by atoms with Gasteiger partial charge < -0.3 is 5.11 Å². The van der Waals surface area contributed by atoms with E-state index in [4.69, 9.17) is 5.11 Å². The van der Waals surface area contributed by atoms with E-state index >= 15 is 0 Å². The number of hydrogen-bond donors (Lipinski definition) is 1. The predicted molar refractivity (Wildman–Crippen MR) is 124 cm³/mol. The van der Waals surface area contributed by atoms with Gasteiger partial charge in [-0.3, -0.25) is 4.98 Å². The van der Waals surface area contributed by atoms with Crippen LogP contribution < -0.4 is 0 Å². The number of pyridine rings is 1. The molecule has 0 aliphatic heterocycles. The second-order valence-corrected chi connectivity index (χ2v) is 11.3. The summed E-state index contributed by atoms with van der Waals surface area (Å²) in [7, 11) is 0. The van der Waals surface area contributed by atoms with Crippen molar-refractivity contribution in [2.75, 3.05) is 0 Å². The van der Waals surface area contributed by atoms with Crippen molar-refractivity contribution in [2.24, 2.45) is 5.92 Å². The van der Waals surface area contributed by atoms with Crippen LogP contribution in [0.3, 0.4) is 0 Å². The summed E-state index contributed by atoms with van der Waals surface area (Å²) in [4.78, 5) is 15.3. The van der Waals surface area contributed by atoms with Crippen molar-refractivity contribution in [1.29, 1.82) is 0 Å². The predicted octanol–water partition coefficient (Wildman–Crippen LogP) is 6.35. The summed E-state index contributed by atoms with van der Waals surface area (Å²) < 4.78 is 0. The molecule has 0 radical (unpaired) electrons. The fourth-order valence-electron chi connectivity index (χ4n) is 6.12. The lowest BCUT2D eigenvalue weighted by molar-refractivity contribution is 0.0696. The molecule has 2 atom stereocenters. The van der Waals surface area contributed by atoms with Gasteiger partial charge in [0, 0.05) is 23.7 Å². The number of aromatic carboxylic acids is 1. The van der Waals surface area contributed by atoms with Crippen LogP contribution in [-0.2, 0) is 22.7 Å². The number of fused-ring (bicyclic) bond motifs is 2. The van der Waals surface area contributed by atoms with Gasteiger partial charge >= 0.3 is 5.97 Å². The average Bonchev–Trinajstić information content (AvgIpc) is 3.37. The Balaban J connectivity index is 1.37. The number of carbonyl (C=O) groups is 1. The molecule has 1 heterocycles. The highest BCUT2D eigenvalue weighted by Gasteiger charge is 2.60. The number of benzene rings is 1. The van der Waals surface area contributed by atoms with Crippen LogP contribution in [-0.4, -0.2) is 16.1 Å². The van der Waals surface area contributed by atoms with E-state index in [1.165, 1.54) is 38.3 Å². The molecule has 3 heteroatoms. The highest BCUT2D eigenvalue weighted by Crippen LogP contribution is 2.67.